The second-order valence-electron chi connectivity index (χ2n) is 4.73. The minimum Gasteiger partial charge on any atom is -0.465 e. The highest BCUT2D eigenvalue weighted by molar-refractivity contribution is 5.47. The third-order valence-corrected chi connectivity index (χ3v) is 3.15. The van der Waals surface area contributed by atoms with Gasteiger partial charge in [-0.3, -0.25) is 15.1 Å². The highest BCUT2D eigenvalue weighted by Gasteiger charge is 2.18. The van der Waals surface area contributed by atoms with Gasteiger partial charge in [-0.05, 0) is 32.9 Å². The third kappa shape index (κ3) is 3.03. The van der Waals surface area contributed by atoms with Gasteiger partial charge in [-0.1, -0.05) is 0 Å². The van der Waals surface area contributed by atoms with Crippen LogP contribution in [-0.2, 0) is 13.1 Å². The molecule has 0 bridgehead atoms. The van der Waals surface area contributed by atoms with E-state index in [-0.39, 0.29) is 10.6 Å². The zero-order valence-electron chi connectivity index (χ0n) is 11.8. The largest absolute Gasteiger partial charge is 0.465 e. The van der Waals surface area contributed by atoms with E-state index in [2.05, 4.69) is 10.3 Å². The van der Waals surface area contributed by atoms with Crippen LogP contribution in [0.5, 0.6) is 0 Å². The van der Waals surface area contributed by atoms with Gasteiger partial charge in [0, 0.05) is 23.9 Å². The highest BCUT2D eigenvalue weighted by atomic mass is 16.6. The van der Waals surface area contributed by atoms with Gasteiger partial charge in [0.2, 0.25) is 0 Å². The van der Waals surface area contributed by atoms with E-state index in [1.54, 1.807) is 20.0 Å². The molecule has 0 aliphatic heterocycles. The summed E-state index contributed by atoms with van der Waals surface area (Å²) in [5.74, 6) is 1.70. The maximum atomic E-state index is 11.0. The molecule has 0 unspecified atom stereocenters. The Labute approximate surface area is 117 Å². The van der Waals surface area contributed by atoms with Crippen molar-refractivity contribution in [1.29, 1.82) is 0 Å². The Kier molecular flexibility index (Phi) is 4.14. The molecular formula is C14H17N3O3. The van der Waals surface area contributed by atoms with Crippen LogP contribution in [0, 0.1) is 30.9 Å². The van der Waals surface area contributed by atoms with Crippen molar-refractivity contribution in [2.45, 2.75) is 33.9 Å². The summed E-state index contributed by atoms with van der Waals surface area (Å²) < 4.78 is 5.44. The van der Waals surface area contributed by atoms with Crippen LogP contribution >= 0.6 is 0 Å². The molecule has 2 heterocycles. The number of nitro groups is 1. The van der Waals surface area contributed by atoms with Crippen molar-refractivity contribution in [3.63, 3.8) is 0 Å². The van der Waals surface area contributed by atoms with Crippen molar-refractivity contribution in [2.75, 3.05) is 0 Å². The first kappa shape index (κ1) is 14.2. The Morgan fingerprint density at radius 1 is 1.30 bits per heavy atom. The van der Waals surface area contributed by atoms with Crippen molar-refractivity contribution in [3.05, 3.63) is 56.8 Å². The fraction of sp³-hybridized carbons (Fsp3) is 0.357. The molecule has 0 aliphatic rings. The average molecular weight is 275 g/mol. The van der Waals surface area contributed by atoms with Crippen molar-refractivity contribution >= 4 is 5.69 Å². The van der Waals surface area contributed by atoms with E-state index < -0.39 is 0 Å². The summed E-state index contributed by atoms with van der Waals surface area (Å²) in [4.78, 5) is 14.9. The van der Waals surface area contributed by atoms with E-state index in [1.165, 1.54) is 0 Å². The molecule has 0 radical (unpaired) electrons. The number of aromatic nitrogens is 1. The van der Waals surface area contributed by atoms with E-state index in [0.717, 1.165) is 11.5 Å². The molecule has 6 nitrogen and oxygen atoms in total. The molecule has 0 atom stereocenters. The van der Waals surface area contributed by atoms with Crippen LogP contribution in [0.25, 0.3) is 0 Å². The van der Waals surface area contributed by atoms with Crippen molar-refractivity contribution in [3.8, 4) is 0 Å². The van der Waals surface area contributed by atoms with Crippen LogP contribution in [0.3, 0.4) is 0 Å². The first-order valence-corrected chi connectivity index (χ1v) is 6.34. The Hall–Kier alpha value is -2.21. The van der Waals surface area contributed by atoms with Gasteiger partial charge in [-0.2, -0.15) is 0 Å². The van der Waals surface area contributed by atoms with Crippen molar-refractivity contribution < 1.29 is 9.34 Å². The lowest BCUT2D eigenvalue weighted by Crippen LogP contribution is -2.15. The molecule has 0 amide bonds. The Bertz CT molecular complexity index is 635. The molecule has 0 fully saturated rings. The number of hydrogen-bond donors (Lipinski definition) is 1. The number of rotatable bonds is 5. The standard InChI is InChI=1S/C14H17N3O3/c1-9-6-16-13(11(3)14(9)17(18)19)8-15-7-12-5-4-10(2)20-12/h4-6,15H,7-8H2,1-3H3. The van der Waals surface area contributed by atoms with Crippen molar-refractivity contribution in [1.82, 2.24) is 10.3 Å². The molecular weight excluding hydrogens is 258 g/mol. The molecule has 0 aromatic carbocycles. The zero-order chi connectivity index (χ0) is 14.7. The van der Waals surface area contributed by atoms with Crippen molar-refractivity contribution in [2.24, 2.45) is 0 Å². The maximum absolute atomic E-state index is 11.0. The van der Waals surface area contributed by atoms with E-state index in [4.69, 9.17) is 4.42 Å². The molecule has 0 aliphatic carbocycles. The predicted molar refractivity (Wildman–Crippen MR) is 74.4 cm³/mol. The first-order valence-electron chi connectivity index (χ1n) is 6.34. The van der Waals surface area contributed by atoms with Crippen LogP contribution < -0.4 is 5.32 Å². The summed E-state index contributed by atoms with van der Waals surface area (Å²) in [6, 6.07) is 3.80. The topological polar surface area (TPSA) is 81.2 Å². The molecule has 20 heavy (non-hydrogen) atoms. The van der Waals surface area contributed by atoms with Gasteiger partial charge in [-0.25, -0.2) is 0 Å². The second kappa shape index (κ2) is 5.83. The van der Waals surface area contributed by atoms with Gasteiger partial charge in [0.15, 0.2) is 0 Å². The highest BCUT2D eigenvalue weighted by Crippen LogP contribution is 2.23. The monoisotopic (exact) mass is 275 g/mol. The molecule has 0 saturated heterocycles. The Morgan fingerprint density at radius 3 is 2.65 bits per heavy atom. The molecule has 106 valence electrons. The van der Waals surface area contributed by atoms with Crippen LogP contribution in [0.2, 0.25) is 0 Å². The van der Waals surface area contributed by atoms with E-state index in [0.29, 0.717) is 29.9 Å². The quantitative estimate of drug-likeness (QED) is 0.670. The molecule has 2 rings (SSSR count). The molecule has 6 heteroatoms. The second-order valence-corrected chi connectivity index (χ2v) is 4.73. The number of hydrogen-bond acceptors (Lipinski definition) is 5. The van der Waals surface area contributed by atoms with Gasteiger partial charge in [-0.15, -0.1) is 0 Å². The fourth-order valence-corrected chi connectivity index (χ4v) is 2.11. The van der Waals surface area contributed by atoms with E-state index in [9.17, 15) is 10.1 Å². The minimum atomic E-state index is -0.355. The lowest BCUT2D eigenvalue weighted by Gasteiger charge is -2.08. The normalized spacial score (nSPS) is 10.8. The van der Waals surface area contributed by atoms with Gasteiger partial charge >= 0.3 is 0 Å². The van der Waals surface area contributed by atoms with Crippen LogP contribution in [0.15, 0.2) is 22.7 Å². The smallest absolute Gasteiger partial charge is 0.278 e. The van der Waals surface area contributed by atoms with Crippen LogP contribution in [-0.4, -0.2) is 9.91 Å². The SMILES string of the molecule is Cc1ccc(CNCc2ncc(C)c([N+](=O)[O-])c2C)o1. The summed E-state index contributed by atoms with van der Waals surface area (Å²) in [6.45, 7) is 6.34. The molecule has 2 aromatic rings. The number of furan rings is 1. The number of aryl methyl sites for hydroxylation is 2. The Morgan fingerprint density at radius 2 is 2.05 bits per heavy atom. The number of nitrogens with zero attached hydrogens (tertiary/aromatic N) is 2. The summed E-state index contributed by atoms with van der Waals surface area (Å²) in [7, 11) is 0. The van der Waals surface area contributed by atoms with E-state index in [1.807, 2.05) is 19.1 Å². The van der Waals surface area contributed by atoms with Crippen LogP contribution in [0.4, 0.5) is 5.69 Å². The molecule has 0 spiro atoms. The maximum Gasteiger partial charge on any atom is 0.278 e. The first-order chi connectivity index (χ1) is 9.49. The number of nitrogens with one attached hydrogen (secondary N) is 1. The summed E-state index contributed by atoms with van der Waals surface area (Å²) in [6.07, 6.45) is 1.54. The number of pyridine rings is 1. The van der Waals surface area contributed by atoms with Gasteiger partial charge < -0.3 is 9.73 Å². The summed E-state index contributed by atoms with van der Waals surface area (Å²) in [5.41, 5.74) is 2.02. The minimum absolute atomic E-state index is 0.144. The van der Waals surface area contributed by atoms with Crippen LogP contribution in [0.1, 0.15) is 28.3 Å². The fourth-order valence-electron chi connectivity index (χ4n) is 2.11. The van der Waals surface area contributed by atoms with Gasteiger partial charge in [0.25, 0.3) is 5.69 Å². The average Bonchev–Trinajstić information content (AvgIpc) is 2.77. The van der Waals surface area contributed by atoms with E-state index >= 15 is 0 Å². The molecule has 1 N–H and O–H groups in total. The zero-order valence-corrected chi connectivity index (χ0v) is 11.8. The third-order valence-electron chi connectivity index (χ3n) is 3.15. The summed E-state index contributed by atoms with van der Waals surface area (Å²) in [5, 5.41) is 14.2. The predicted octanol–water partition coefficient (Wildman–Crippen LogP) is 2.80. The lowest BCUT2D eigenvalue weighted by atomic mass is 10.1. The molecule has 0 saturated carbocycles. The Balaban J connectivity index is 2.06. The van der Waals surface area contributed by atoms with Gasteiger partial charge in [0.05, 0.1) is 17.2 Å². The lowest BCUT2D eigenvalue weighted by molar-refractivity contribution is -0.386. The summed E-state index contributed by atoms with van der Waals surface area (Å²) >= 11 is 0. The van der Waals surface area contributed by atoms with Gasteiger partial charge in [0.1, 0.15) is 11.5 Å². The molecule has 2 aromatic heterocycles.